The standard InChI is InChI=1S/C17H19NO/c1-13(19)18-12-11-14-7-5-6-10-16(14)17(18)15-8-3-2-4-9-15/h2-8,10,15,17H,9,11-12H2,1H3/t15?,17-/m0/s1. The van der Waals surface area contributed by atoms with E-state index in [2.05, 4.69) is 48.6 Å². The third-order valence-electron chi connectivity index (χ3n) is 4.16. The van der Waals surface area contributed by atoms with Crippen LogP contribution in [0.3, 0.4) is 0 Å². The molecule has 0 fully saturated rings. The Labute approximate surface area is 114 Å². The molecule has 98 valence electrons. The Bertz CT molecular complexity index is 544. The summed E-state index contributed by atoms with van der Waals surface area (Å²) in [6.45, 7) is 2.52. The lowest BCUT2D eigenvalue weighted by molar-refractivity contribution is -0.132. The fourth-order valence-corrected chi connectivity index (χ4v) is 3.25. The first kappa shape index (κ1) is 12.2. The SMILES string of the molecule is CC(=O)N1CCc2ccccc2[C@@H]1C1C=CC=CC1. The first-order valence-corrected chi connectivity index (χ1v) is 6.95. The van der Waals surface area contributed by atoms with Gasteiger partial charge in [0, 0.05) is 19.4 Å². The molecule has 0 aromatic heterocycles. The Balaban J connectivity index is 2.02. The Hall–Kier alpha value is -1.83. The highest BCUT2D eigenvalue weighted by Gasteiger charge is 2.33. The predicted octanol–water partition coefficient (Wildman–Crippen LogP) is 3.26. The van der Waals surface area contributed by atoms with Crippen LogP contribution in [0.4, 0.5) is 0 Å². The van der Waals surface area contributed by atoms with Crippen LogP contribution in [0.5, 0.6) is 0 Å². The van der Waals surface area contributed by atoms with E-state index in [1.807, 2.05) is 4.90 Å². The van der Waals surface area contributed by atoms with Gasteiger partial charge in [0.25, 0.3) is 0 Å². The van der Waals surface area contributed by atoms with Crippen molar-refractivity contribution in [2.45, 2.75) is 25.8 Å². The molecule has 0 bridgehead atoms. The molecule has 19 heavy (non-hydrogen) atoms. The van der Waals surface area contributed by atoms with Gasteiger partial charge >= 0.3 is 0 Å². The fourth-order valence-electron chi connectivity index (χ4n) is 3.25. The monoisotopic (exact) mass is 253 g/mol. The van der Waals surface area contributed by atoms with E-state index < -0.39 is 0 Å². The van der Waals surface area contributed by atoms with Gasteiger partial charge < -0.3 is 4.90 Å². The number of amides is 1. The molecule has 1 aliphatic carbocycles. The molecule has 2 atom stereocenters. The first-order valence-electron chi connectivity index (χ1n) is 6.95. The third kappa shape index (κ3) is 2.23. The van der Waals surface area contributed by atoms with E-state index in [0.29, 0.717) is 5.92 Å². The van der Waals surface area contributed by atoms with Gasteiger partial charge in [-0.1, -0.05) is 48.6 Å². The number of carbonyl (C=O) groups excluding carboxylic acids is 1. The molecule has 1 aromatic rings. The topological polar surface area (TPSA) is 20.3 Å². The van der Waals surface area contributed by atoms with Gasteiger partial charge in [-0.05, 0) is 24.0 Å². The summed E-state index contributed by atoms with van der Waals surface area (Å²) in [6.07, 6.45) is 10.6. The Kier molecular flexibility index (Phi) is 3.24. The Morgan fingerprint density at radius 2 is 2.11 bits per heavy atom. The zero-order valence-corrected chi connectivity index (χ0v) is 11.3. The lowest BCUT2D eigenvalue weighted by Crippen LogP contribution is -2.41. The molecule has 1 aromatic carbocycles. The largest absolute Gasteiger partial charge is 0.335 e. The molecule has 1 unspecified atom stereocenters. The second-order valence-electron chi connectivity index (χ2n) is 5.32. The lowest BCUT2D eigenvalue weighted by atomic mass is 9.81. The van der Waals surface area contributed by atoms with E-state index in [9.17, 15) is 4.79 Å². The second kappa shape index (κ2) is 5.04. The van der Waals surface area contributed by atoms with Crippen molar-refractivity contribution in [3.8, 4) is 0 Å². The second-order valence-corrected chi connectivity index (χ2v) is 5.32. The van der Waals surface area contributed by atoms with Crippen LogP contribution in [0.2, 0.25) is 0 Å². The molecular weight excluding hydrogens is 234 g/mol. The summed E-state index contributed by atoms with van der Waals surface area (Å²) >= 11 is 0. The number of benzene rings is 1. The third-order valence-corrected chi connectivity index (χ3v) is 4.16. The van der Waals surface area contributed by atoms with Crippen LogP contribution in [0.1, 0.15) is 30.5 Å². The van der Waals surface area contributed by atoms with Crippen molar-refractivity contribution in [1.29, 1.82) is 0 Å². The smallest absolute Gasteiger partial charge is 0.219 e. The maximum atomic E-state index is 11.9. The zero-order valence-electron chi connectivity index (χ0n) is 11.3. The van der Waals surface area contributed by atoms with Crippen LogP contribution in [0.25, 0.3) is 0 Å². The van der Waals surface area contributed by atoms with Crippen molar-refractivity contribution in [1.82, 2.24) is 4.90 Å². The molecule has 2 heteroatoms. The van der Waals surface area contributed by atoms with Gasteiger partial charge in [-0.25, -0.2) is 0 Å². The minimum Gasteiger partial charge on any atom is -0.335 e. The molecule has 3 rings (SSSR count). The summed E-state index contributed by atoms with van der Waals surface area (Å²) in [5.74, 6) is 0.581. The Morgan fingerprint density at radius 1 is 1.26 bits per heavy atom. The normalized spacial score (nSPS) is 25.2. The average Bonchev–Trinajstić information content (AvgIpc) is 2.46. The summed E-state index contributed by atoms with van der Waals surface area (Å²) in [6, 6.07) is 8.75. The van der Waals surface area contributed by atoms with Crippen LogP contribution in [-0.2, 0) is 11.2 Å². The lowest BCUT2D eigenvalue weighted by Gasteiger charge is -2.40. The van der Waals surface area contributed by atoms with Crippen molar-refractivity contribution >= 4 is 5.91 Å². The highest BCUT2D eigenvalue weighted by atomic mass is 16.2. The number of allylic oxidation sites excluding steroid dienone is 3. The first-order chi connectivity index (χ1) is 9.27. The summed E-state index contributed by atoms with van der Waals surface area (Å²) in [5.41, 5.74) is 2.72. The summed E-state index contributed by atoms with van der Waals surface area (Å²) < 4.78 is 0. The van der Waals surface area contributed by atoms with E-state index >= 15 is 0 Å². The van der Waals surface area contributed by atoms with E-state index in [4.69, 9.17) is 0 Å². The molecule has 0 spiro atoms. The highest BCUT2D eigenvalue weighted by Crippen LogP contribution is 2.38. The quantitative estimate of drug-likeness (QED) is 0.752. The molecule has 0 N–H and O–H groups in total. The highest BCUT2D eigenvalue weighted by molar-refractivity contribution is 5.74. The zero-order chi connectivity index (χ0) is 13.2. The van der Waals surface area contributed by atoms with Crippen molar-refractivity contribution in [3.63, 3.8) is 0 Å². The summed E-state index contributed by atoms with van der Waals surface area (Å²) in [4.78, 5) is 14.0. The minimum atomic E-state index is 0.183. The molecule has 2 nitrogen and oxygen atoms in total. The number of nitrogens with zero attached hydrogens (tertiary/aromatic N) is 1. The fraction of sp³-hybridized carbons (Fsp3) is 0.353. The van der Waals surface area contributed by atoms with Gasteiger partial charge in [0.2, 0.25) is 5.91 Å². The van der Waals surface area contributed by atoms with Crippen LogP contribution < -0.4 is 0 Å². The predicted molar refractivity (Wildman–Crippen MR) is 76.7 cm³/mol. The van der Waals surface area contributed by atoms with Crippen molar-refractivity contribution in [3.05, 3.63) is 59.7 Å². The molecule has 0 saturated heterocycles. The molecule has 1 heterocycles. The molecule has 1 aliphatic heterocycles. The molecule has 1 amide bonds. The van der Waals surface area contributed by atoms with Crippen LogP contribution in [0, 0.1) is 5.92 Å². The van der Waals surface area contributed by atoms with E-state index in [-0.39, 0.29) is 11.9 Å². The average molecular weight is 253 g/mol. The number of carbonyl (C=O) groups is 1. The van der Waals surface area contributed by atoms with E-state index in [0.717, 1.165) is 19.4 Å². The van der Waals surface area contributed by atoms with Crippen LogP contribution >= 0.6 is 0 Å². The Morgan fingerprint density at radius 3 is 2.84 bits per heavy atom. The van der Waals surface area contributed by atoms with Gasteiger partial charge in [0.05, 0.1) is 6.04 Å². The number of rotatable bonds is 1. The van der Waals surface area contributed by atoms with Gasteiger partial charge in [-0.15, -0.1) is 0 Å². The maximum Gasteiger partial charge on any atom is 0.219 e. The number of hydrogen-bond acceptors (Lipinski definition) is 1. The van der Waals surface area contributed by atoms with Gasteiger partial charge in [-0.3, -0.25) is 4.79 Å². The van der Waals surface area contributed by atoms with Crippen LogP contribution in [0.15, 0.2) is 48.6 Å². The number of hydrogen-bond donors (Lipinski definition) is 0. The number of fused-ring (bicyclic) bond motifs is 1. The van der Waals surface area contributed by atoms with Gasteiger partial charge in [-0.2, -0.15) is 0 Å². The minimum absolute atomic E-state index is 0.183. The summed E-state index contributed by atoms with van der Waals surface area (Å²) in [5, 5.41) is 0. The maximum absolute atomic E-state index is 11.9. The van der Waals surface area contributed by atoms with Crippen molar-refractivity contribution in [2.24, 2.45) is 5.92 Å². The van der Waals surface area contributed by atoms with E-state index in [1.165, 1.54) is 11.1 Å². The van der Waals surface area contributed by atoms with Gasteiger partial charge in [0.1, 0.15) is 0 Å². The molecule has 2 aliphatic rings. The van der Waals surface area contributed by atoms with Gasteiger partial charge in [0.15, 0.2) is 0 Å². The van der Waals surface area contributed by atoms with Crippen molar-refractivity contribution in [2.75, 3.05) is 6.54 Å². The van der Waals surface area contributed by atoms with E-state index in [1.54, 1.807) is 6.92 Å². The molecular formula is C17H19NO. The van der Waals surface area contributed by atoms with Crippen LogP contribution in [-0.4, -0.2) is 17.4 Å². The molecule has 0 radical (unpaired) electrons. The summed E-state index contributed by atoms with van der Waals surface area (Å²) in [7, 11) is 0. The van der Waals surface area contributed by atoms with Crippen molar-refractivity contribution < 1.29 is 4.79 Å². The molecule has 0 saturated carbocycles.